The van der Waals surface area contributed by atoms with E-state index in [0.29, 0.717) is 0 Å². The van der Waals surface area contributed by atoms with Crippen LogP contribution in [0.2, 0.25) is 0 Å². The molecule has 2 heteroatoms. The second-order valence-electron chi connectivity index (χ2n) is 4.09. The molecule has 0 aliphatic heterocycles. The smallest absolute Gasteiger partial charge is 0.193 e. The molecule has 0 amide bonds. The molecule has 0 radical (unpaired) electrons. The quantitative estimate of drug-likeness (QED) is 0.653. The average molecular weight is 261 g/mol. The van der Waals surface area contributed by atoms with Gasteiger partial charge in [-0.3, -0.25) is 9.78 Å². The maximum absolute atomic E-state index is 11.8. The number of carbonyl (C=O) groups excluding carboxylic acids is 1. The van der Waals surface area contributed by atoms with Crippen LogP contribution in [0.4, 0.5) is 0 Å². The van der Waals surface area contributed by atoms with Gasteiger partial charge in [0.1, 0.15) is 0 Å². The Labute approximate surface area is 118 Å². The normalized spacial score (nSPS) is 9.20. The standard InChI is InChI=1S/C13H10O.C5H5N/c14-13(11-7-3-1-4-8-11)12-9-5-2-6-10-12;1-2-4-6-5-3-1/h1-10H;1-5H. The number of aromatic nitrogens is 1. The fraction of sp³-hybridized carbons (Fsp3) is 0. The van der Waals surface area contributed by atoms with Crippen molar-refractivity contribution in [3.05, 3.63) is 102 Å². The number of pyridine rings is 1. The minimum Gasteiger partial charge on any atom is -0.289 e. The minimum atomic E-state index is 0.0752. The van der Waals surface area contributed by atoms with Gasteiger partial charge < -0.3 is 0 Å². The lowest BCUT2D eigenvalue weighted by Gasteiger charge is -1.99. The van der Waals surface area contributed by atoms with E-state index in [4.69, 9.17) is 0 Å². The molecule has 3 aromatic rings. The summed E-state index contributed by atoms with van der Waals surface area (Å²) in [7, 11) is 0. The van der Waals surface area contributed by atoms with Crippen molar-refractivity contribution in [2.24, 2.45) is 0 Å². The Hall–Kier alpha value is -2.74. The van der Waals surface area contributed by atoms with Crippen LogP contribution >= 0.6 is 0 Å². The lowest BCUT2D eigenvalue weighted by Crippen LogP contribution is -1.99. The summed E-state index contributed by atoms with van der Waals surface area (Å²) in [5.41, 5.74) is 1.47. The third kappa shape index (κ3) is 4.18. The first-order chi connectivity index (χ1) is 9.88. The molecule has 0 aliphatic rings. The van der Waals surface area contributed by atoms with E-state index in [1.54, 1.807) is 12.4 Å². The second kappa shape index (κ2) is 7.64. The van der Waals surface area contributed by atoms with Gasteiger partial charge in [0, 0.05) is 23.5 Å². The van der Waals surface area contributed by atoms with Gasteiger partial charge in [0.2, 0.25) is 0 Å². The number of hydrogen-bond donors (Lipinski definition) is 0. The number of rotatable bonds is 2. The molecule has 3 rings (SSSR count). The third-order valence-electron chi connectivity index (χ3n) is 2.64. The summed E-state index contributed by atoms with van der Waals surface area (Å²) < 4.78 is 0. The molecule has 20 heavy (non-hydrogen) atoms. The van der Waals surface area contributed by atoms with Crippen LogP contribution in [0.3, 0.4) is 0 Å². The van der Waals surface area contributed by atoms with E-state index in [-0.39, 0.29) is 5.78 Å². The lowest BCUT2D eigenvalue weighted by atomic mass is 10.0. The predicted molar refractivity (Wildman–Crippen MR) is 80.6 cm³/mol. The molecular formula is C18H15NO. The van der Waals surface area contributed by atoms with Gasteiger partial charge in [-0.25, -0.2) is 0 Å². The molecule has 0 unspecified atom stereocenters. The molecule has 2 aromatic carbocycles. The predicted octanol–water partition coefficient (Wildman–Crippen LogP) is 4.00. The Balaban J connectivity index is 0.000000205. The zero-order valence-corrected chi connectivity index (χ0v) is 11.0. The first-order valence-electron chi connectivity index (χ1n) is 6.38. The van der Waals surface area contributed by atoms with Crippen molar-refractivity contribution in [1.82, 2.24) is 4.98 Å². The summed E-state index contributed by atoms with van der Waals surface area (Å²) >= 11 is 0. The van der Waals surface area contributed by atoms with E-state index in [1.165, 1.54) is 0 Å². The van der Waals surface area contributed by atoms with Crippen LogP contribution in [0.25, 0.3) is 0 Å². The molecule has 0 bridgehead atoms. The zero-order chi connectivity index (χ0) is 14.0. The van der Waals surface area contributed by atoms with Crippen molar-refractivity contribution >= 4 is 5.78 Å². The molecule has 0 atom stereocenters. The summed E-state index contributed by atoms with van der Waals surface area (Å²) in [4.78, 5) is 15.6. The van der Waals surface area contributed by atoms with Crippen molar-refractivity contribution in [1.29, 1.82) is 0 Å². The maximum atomic E-state index is 11.8. The van der Waals surface area contributed by atoms with Gasteiger partial charge in [0.05, 0.1) is 0 Å². The SMILES string of the molecule is O=C(c1ccccc1)c1ccccc1.c1ccncc1. The van der Waals surface area contributed by atoms with Gasteiger partial charge in [-0.05, 0) is 12.1 Å². The zero-order valence-electron chi connectivity index (χ0n) is 11.0. The Morgan fingerprint density at radius 1 is 0.600 bits per heavy atom. The summed E-state index contributed by atoms with van der Waals surface area (Å²) in [6.07, 6.45) is 3.50. The number of nitrogens with zero attached hydrogens (tertiary/aromatic N) is 1. The van der Waals surface area contributed by atoms with E-state index in [1.807, 2.05) is 78.9 Å². The second-order valence-corrected chi connectivity index (χ2v) is 4.09. The highest BCUT2D eigenvalue weighted by Crippen LogP contribution is 2.08. The maximum Gasteiger partial charge on any atom is 0.193 e. The van der Waals surface area contributed by atoms with Crippen molar-refractivity contribution in [3.8, 4) is 0 Å². The molecule has 0 saturated heterocycles. The summed E-state index contributed by atoms with van der Waals surface area (Å²) in [6, 6.07) is 24.3. The molecule has 2 nitrogen and oxygen atoms in total. The van der Waals surface area contributed by atoms with Crippen LogP contribution in [-0.4, -0.2) is 10.8 Å². The molecule has 1 aromatic heterocycles. The van der Waals surface area contributed by atoms with Gasteiger partial charge in [-0.1, -0.05) is 66.7 Å². The minimum absolute atomic E-state index is 0.0752. The fourth-order valence-corrected chi connectivity index (χ4v) is 1.66. The monoisotopic (exact) mass is 261 g/mol. The Morgan fingerprint density at radius 3 is 1.30 bits per heavy atom. The Kier molecular flexibility index (Phi) is 5.23. The Bertz CT molecular complexity index is 553. The topological polar surface area (TPSA) is 30.0 Å². The summed E-state index contributed by atoms with van der Waals surface area (Å²) in [5.74, 6) is 0.0752. The van der Waals surface area contributed by atoms with Gasteiger partial charge in [0.15, 0.2) is 5.78 Å². The van der Waals surface area contributed by atoms with Gasteiger partial charge in [0.25, 0.3) is 0 Å². The van der Waals surface area contributed by atoms with Crippen LogP contribution < -0.4 is 0 Å². The highest BCUT2D eigenvalue weighted by Gasteiger charge is 2.06. The molecule has 0 saturated carbocycles. The van der Waals surface area contributed by atoms with Crippen molar-refractivity contribution < 1.29 is 4.79 Å². The van der Waals surface area contributed by atoms with E-state index in [0.717, 1.165) is 11.1 Å². The van der Waals surface area contributed by atoms with Gasteiger partial charge in [-0.2, -0.15) is 0 Å². The van der Waals surface area contributed by atoms with Crippen LogP contribution in [0, 0.1) is 0 Å². The van der Waals surface area contributed by atoms with E-state index < -0.39 is 0 Å². The molecule has 98 valence electrons. The van der Waals surface area contributed by atoms with Gasteiger partial charge in [-0.15, -0.1) is 0 Å². The average Bonchev–Trinajstić information content (AvgIpc) is 2.58. The summed E-state index contributed by atoms with van der Waals surface area (Å²) in [5, 5.41) is 0. The molecule has 0 N–H and O–H groups in total. The largest absolute Gasteiger partial charge is 0.289 e. The molecule has 0 aliphatic carbocycles. The Morgan fingerprint density at radius 2 is 1.00 bits per heavy atom. The third-order valence-corrected chi connectivity index (χ3v) is 2.64. The van der Waals surface area contributed by atoms with Crippen molar-refractivity contribution in [2.75, 3.05) is 0 Å². The number of carbonyl (C=O) groups is 1. The van der Waals surface area contributed by atoms with Gasteiger partial charge >= 0.3 is 0 Å². The molecule has 1 heterocycles. The summed E-state index contributed by atoms with van der Waals surface area (Å²) in [6.45, 7) is 0. The first kappa shape index (κ1) is 13.7. The molecular weight excluding hydrogens is 246 g/mol. The van der Waals surface area contributed by atoms with Crippen LogP contribution in [0.1, 0.15) is 15.9 Å². The van der Waals surface area contributed by atoms with Crippen LogP contribution in [-0.2, 0) is 0 Å². The van der Waals surface area contributed by atoms with Crippen LogP contribution in [0.15, 0.2) is 91.3 Å². The van der Waals surface area contributed by atoms with E-state index in [9.17, 15) is 4.79 Å². The highest BCUT2D eigenvalue weighted by molar-refractivity contribution is 6.08. The van der Waals surface area contributed by atoms with Crippen molar-refractivity contribution in [3.63, 3.8) is 0 Å². The van der Waals surface area contributed by atoms with E-state index in [2.05, 4.69) is 4.98 Å². The van der Waals surface area contributed by atoms with E-state index >= 15 is 0 Å². The first-order valence-corrected chi connectivity index (χ1v) is 6.38. The number of hydrogen-bond acceptors (Lipinski definition) is 2. The number of ketones is 1. The fourth-order valence-electron chi connectivity index (χ4n) is 1.66. The molecule has 0 fully saturated rings. The van der Waals surface area contributed by atoms with Crippen LogP contribution in [0.5, 0.6) is 0 Å². The lowest BCUT2D eigenvalue weighted by molar-refractivity contribution is 0.103. The highest BCUT2D eigenvalue weighted by atomic mass is 16.1. The number of benzene rings is 2. The van der Waals surface area contributed by atoms with Crippen molar-refractivity contribution in [2.45, 2.75) is 0 Å². The molecule has 0 spiro atoms.